The van der Waals surface area contributed by atoms with E-state index in [1.165, 1.54) is 21.3 Å². The highest BCUT2D eigenvalue weighted by molar-refractivity contribution is 7.89. The topological polar surface area (TPSA) is 85.5 Å². The van der Waals surface area contributed by atoms with Gasteiger partial charge in [-0.05, 0) is 25.5 Å². The molecule has 0 amide bonds. The van der Waals surface area contributed by atoms with Gasteiger partial charge in [-0.15, -0.1) is 0 Å². The summed E-state index contributed by atoms with van der Waals surface area (Å²) in [6, 6.07) is 10.6. The lowest BCUT2D eigenvalue weighted by Crippen LogP contribution is -2.25. The molecule has 7 nitrogen and oxygen atoms in total. The van der Waals surface area contributed by atoms with Crippen molar-refractivity contribution in [3.8, 4) is 0 Å². The number of benzene rings is 1. The number of fused-ring (bicyclic) bond motifs is 1. The van der Waals surface area contributed by atoms with Gasteiger partial charge in [-0.3, -0.25) is 9.20 Å². The van der Waals surface area contributed by atoms with Crippen LogP contribution < -0.4 is 10.3 Å². The summed E-state index contributed by atoms with van der Waals surface area (Å²) in [5.74, 6) is 0.552. The summed E-state index contributed by atoms with van der Waals surface area (Å²) < 4.78 is 30.4. The molecule has 1 N–H and O–H groups in total. The quantitative estimate of drug-likeness (QED) is 0.755. The van der Waals surface area contributed by atoms with E-state index in [2.05, 4.69) is 9.82 Å². The molecule has 1 aromatic carbocycles. The van der Waals surface area contributed by atoms with Crippen LogP contribution in [0.2, 0.25) is 0 Å². The Morgan fingerprint density at radius 3 is 2.58 bits per heavy atom. The maximum absolute atomic E-state index is 12.5. The van der Waals surface area contributed by atoms with Crippen LogP contribution in [0.5, 0.6) is 0 Å². The number of sulfonamides is 1. The summed E-state index contributed by atoms with van der Waals surface area (Å²) in [5, 5.41) is 4.16. The first-order valence-corrected chi connectivity index (χ1v) is 9.04. The Labute approximate surface area is 139 Å². The smallest absolute Gasteiger partial charge is 0.291 e. The molecule has 3 rings (SSSR count). The molecule has 0 saturated heterocycles. The standard InChI is InChI=1S/C16H18N4O3S/c1-3-20-16(21)15-9-14(11-19(15)12(2)18-20)24(22,23)17-10-13-7-5-4-6-8-13/h4-9,11,17H,3,10H2,1-2H3. The van der Waals surface area contributed by atoms with Crippen molar-refractivity contribution in [2.24, 2.45) is 0 Å². The molecule has 0 unspecified atom stereocenters. The summed E-state index contributed by atoms with van der Waals surface area (Å²) >= 11 is 0. The molecule has 0 spiro atoms. The minimum absolute atomic E-state index is 0.0503. The molecular formula is C16H18N4O3S. The Hall–Kier alpha value is -2.45. The van der Waals surface area contributed by atoms with E-state index in [0.717, 1.165) is 5.56 Å². The van der Waals surface area contributed by atoms with Gasteiger partial charge in [0.25, 0.3) is 5.56 Å². The van der Waals surface area contributed by atoms with Gasteiger partial charge in [-0.1, -0.05) is 30.3 Å². The normalized spacial score (nSPS) is 11.9. The molecule has 0 aliphatic carbocycles. The Morgan fingerprint density at radius 1 is 1.21 bits per heavy atom. The molecular weight excluding hydrogens is 328 g/mol. The average molecular weight is 346 g/mol. The van der Waals surface area contributed by atoms with Crippen molar-refractivity contribution in [3.05, 3.63) is 64.3 Å². The molecule has 0 aliphatic heterocycles. The second-order valence-corrected chi connectivity index (χ2v) is 7.18. The SMILES string of the molecule is CCn1nc(C)n2cc(S(=O)(=O)NCc3ccccc3)cc2c1=O. The van der Waals surface area contributed by atoms with Crippen molar-refractivity contribution < 1.29 is 8.42 Å². The minimum Gasteiger partial charge on any atom is -0.298 e. The molecule has 0 atom stereocenters. The first-order chi connectivity index (χ1) is 11.4. The van der Waals surface area contributed by atoms with Crippen LogP contribution in [0, 0.1) is 6.92 Å². The summed E-state index contributed by atoms with van der Waals surface area (Å²) in [7, 11) is -3.72. The number of rotatable bonds is 5. The first kappa shape index (κ1) is 16.4. The maximum atomic E-state index is 12.5. The molecule has 24 heavy (non-hydrogen) atoms. The van der Waals surface area contributed by atoms with E-state index in [4.69, 9.17) is 0 Å². The second kappa shape index (κ2) is 6.21. The second-order valence-electron chi connectivity index (χ2n) is 5.41. The molecule has 0 aliphatic rings. The van der Waals surface area contributed by atoms with Crippen LogP contribution >= 0.6 is 0 Å². The fourth-order valence-corrected chi connectivity index (χ4v) is 3.52. The number of nitrogens with zero attached hydrogens (tertiary/aromatic N) is 3. The lowest BCUT2D eigenvalue weighted by atomic mass is 10.2. The van der Waals surface area contributed by atoms with E-state index >= 15 is 0 Å². The third-order valence-corrected chi connectivity index (χ3v) is 5.15. The molecule has 2 heterocycles. The fourth-order valence-electron chi connectivity index (χ4n) is 2.49. The lowest BCUT2D eigenvalue weighted by Gasteiger charge is -2.05. The predicted molar refractivity (Wildman–Crippen MR) is 90.3 cm³/mol. The monoisotopic (exact) mass is 346 g/mol. The van der Waals surface area contributed by atoms with Crippen molar-refractivity contribution in [1.82, 2.24) is 18.9 Å². The van der Waals surface area contributed by atoms with E-state index in [9.17, 15) is 13.2 Å². The van der Waals surface area contributed by atoms with E-state index in [1.54, 1.807) is 6.92 Å². The highest BCUT2D eigenvalue weighted by Gasteiger charge is 2.19. The average Bonchev–Trinajstić information content (AvgIpc) is 3.04. The molecule has 3 aromatic rings. The molecule has 8 heteroatoms. The van der Waals surface area contributed by atoms with Gasteiger partial charge >= 0.3 is 0 Å². The van der Waals surface area contributed by atoms with Crippen molar-refractivity contribution in [2.75, 3.05) is 0 Å². The van der Waals surface area contributed by atoms with Gasteiger partial charge in [0.05, 0.1) is 0 Å². The molecule has 0 radical (unpaired) electrons. The summed E-state index contributed by atoms with van der Waals surface area (Å²) in [4.78, 5) is 12.3. The first-order valence-electron chi connectivity index (χ1n) is 7.56. The van der Waals surface area contributed by atoms with Crippen molar-refractivity contribution in [2.45, 2.75) is 31.8 Å². The zero-order valence-electron chi connectivity index (χ0n) is 13.4. The minimum atomic E-state index is -3.72. The Morgan fingerprint density at radius 2 is 1.92 bits per heavy atom. The van der Waals surface area contributed by atoms with Crippen molar-refractivity contribution in [1.29, 1.82) is 0 Å². The van der Waals surface area contributed by atoms with E-state index in [0.29, 0.717) is 17.9 Å². The van der Waals surface area contributed by atoms with Crippen LogP contribution in [-0.2, 0) is 23.1 Å². The van der Waals surface area contributed by atoms with Crippen molar-refractivity contribution in [3.63, 3.8) is 0 Å². The molecule has 0 fully saturated rings. The Bertz CT molecular complexity index is 1040. The number of aromatic nitrogens is 3. The maximum Gasteiger partial charge on any atom is 0.291 e. The summed E-state index contributed by atoms with van der Waals surface area (Å²) in [5.41, 5.74) is 0.841. The van der Waals surface area contributed by atoms with Crippen molar-refractivity contribution >= 4 is 15.5 Å². The third-order valence-electron chi connectivity index (χ3n) is 3.78. The van der Waals surface area contributed by atoms with Gasteiger partial charge in [0, 0.05) is 19.3 Å². The highest BCUT2D eigenvalue weighted by atomic mass is 32.2. The van der Waals surface area contributed by atoms with E-state index < -0.39 is 10.0 Å². The zero-order chi connectivity index (χ0) is 17.3. The zero-order valence-corrected chi connectivity index (χ0v) is 14.2. The summed E-state index contributed by atoms with van der Waals surface area (Å²) in [6.45, 7) is 4.15. The molecule has 2 aromatic heterocycles. The van der Waals surface area contributed by atoms with Crippen LogP contribution in [0.15, 0.2) is 52.3 Å². The van der Waals surface area contributed by atoms with Crippen LogP contribution in [-0.4, -0.2) is 22.6 Å². The van der Waals surface area contributed by atoms with Crippen LogP contribution in [0.3, 0.4) is 0 Å². The fraction of sp³-hybridized carbons (Fsp3) is 0.250. The highest BCUT2D eigenvalue weighted by Crippen LogP contribution is 2.14. The Balaban J connectivity index is 1.98. The molecule has 126 valence electrons. The van der Waals surface area contributed by atoms with E-state index in [-0.39, 0.29) is 17.0 Å². The number of aryl methyl sites for hydroxylation is 2. The number of hydrogen-bond acceptors (Lipinski definition) is 4. The van der Waals surface area contributed by atoms with Crippen LogP contribution in [0.4, 0.5) is 0 Å². The summed E-state index contributed by atoms with van der Waals surface area (Å²) in [6.07, 6.45) is 1.42. The Kier molecular flexibility index (Phi) is 4.25. The van der Waals surface area contributed by atoms with Gasteiger partial charge in [0.15, 0.2) is 0 Å². The van der Waals surface area contributed by atoms with Gasteiger partial charge in [0.2, 0.25) is 10.0 Å². The van der Waals surface area contributed by atoms with Crippen LogP contribution in [0.25, 0.3) is 5.52 Å². The third kappa shape index (κ3) is 2.98. The molecule has 0 bridgehead atoms. The van der Waals surface area contributed by atoms with Gasteiger partial charge in [-0.2, -0.15) is 5.10 Å². The van der Waals surface area contributed by atoms with Gasteiger partial charge in [0.1, 0.15) is 16.2 Å². The largest absolute Gasteiger partial charge is 0.298 e. The molecule has 0 saturated carbocycles. The van der Waals surface area contributed by atoms with Crippen LogP contribution in [0.1, 0.15) is 18.3 Å². The van der Waals surface area contributed by atoms with Gasteiger partial charge in [-0.25, -0.2) is 17.8 Å². The lowest BCUT2D eigenvalue weighted by molar-refractivity contribution is 0.581. The predicted octanol–water partition coefficient (Wildman–Crippen LogP) is 1.30. The number of nitrogens with one attached hydrogen (secondary N) is 1. The van der Waals surface area contributed by atoms with Gasteiger partial charge < -0.3 is 0 Å². The number of hydrogen-bond donors (Lipinski definition) is 1. The van der Waals surface area contributed by atoms with E-state index in [1.807, 2.05) is 37.3 Å².